The fourth-order valence-corrected chi connectivity index (χ4v) is 3.76. The van der Waals surface area contributed by atoms with Crippen molar-refractivity contribution in [2.45, 2.75) is 52.3 Å². The van der Waals surface area contributed by atoms with Gasteiger partial charge in [-0.2, -0.15) is 18.4 Å². The molecule has 1 aliphatic carbocycles. The lowest BCUT2D eigenvalue weighted by atomic mass is 9.71. The van der Waals surface area contributed by atoms with Crippen molar-refractivity contribution in [3.8, 4) is 6.07 Å². The van der Waals surface area contributed by atoms with Crippen LogP contribution in [0.5, 0.6) is 0 Å². The topological polar surface area (TPSA) is 56.4 Å². The van der Waals surface area contributed by atoms with E-state index in [1.807, 2.05) is 30.4 Å². The number of nitrogens with zero attached hydrogens (tertiary/aromatic N) is 2. The van der Waals surface area contributed by atoms with Gasteiger partial charge in [0, 0.05) is 13.5 Å². The molecule has 0 heterocycles. The quantitative estimate of drug-likeness (QED) is 0.676. The molecule has 0 aromatic heterocycles. The first-order valence-electron chi connectivity index (χ1n) is 9.66. The molecule has 0 amide bonds. The Morgan fingerprint density at radius 3 is 2.33 bits per heavy atom. The number of nitriles is 1. The van der Waals surface area contributed by atoms with Crippen LogP contribution in [-0.2, 0) is 6.42 Å². The van der Waals surface area contributed by atoms with E-state index in [-0.39, 0.29) is 0 Å². The summed E-state index contributed by atoms with van der Waals surface area (Å²) in [6, 6.07) is 6.47. The SMILES string of the molecule is CN=C1C=CC=C/C1=C(/C)C(C)(C)CC(O)(Cc1ccc(C#N)cc1C)C(F)(F)F. The van der Waals surface area contributed by atoms with E-state index in [4.69, 9.17) is 5.26 Å². The van der Waals surface area contributed by atoms with E-state index >= 15 is 0 Å². The fraction of sp³-hybridized carbons (Fsp3) is 0.417. The monoisotopic (exact) mass is 416 g/mol. The molecule has 1 aliphatic rings. The maximum absolute atomic E-state index is 14.1. The van der Waals surface area contributed by atoms with E-state index in [9.17, 15) is 18.3 Å². The van der Waals surface area contributed by atoms with Crippen LogP contribution in [0.3, 0.4) is 0 Å². The second-order valence-corrected chi connectivity index (χ2v) is 8.39. The van der Waals surface area contributed by atoms with E-state index in [1.165, 1.54) is 18.2 Å². The number of benzene rings is 1. The van der Waals surface area contributed by atoms with Crippen LogP contribution in [0.4, 0.5) is 13.2 Å². The standard InChI is InChI=1S/C24H27F3N2O/c1-16-12-18(14-28)10-11-19(16)13-23(30,24(25,26)27)15-22(3,4)17(2)20-8-6-7-9-21(20)29-5/h6-12,30H,13,15H2,1-5H3/b20-17+,29-21?. The molecule has 1 unspecified atom stereocenters. The van der Waals surface area contributed by atoms with E-state index in [0.29, 0.717) is 22.4 Å². The van der Waals surface area contributed by atoms with Gasteiger partial charge in [-0.1, -0.05) is 43.7 Å². The molecular formula is C24H27F3N2O. The minimum Gasteiger partial charge on any atom is -0.380 e. The van der Waals surface area contributed by atoms with Gasteiger partial charge in [-0.3, -0.25) is 4.99 Å². The molecule has 2 rings (SSSR count). The number of aliphatic hydroxyl groups is 1. The number of alkyl halides is 3. The first-order valence-corrected chi connectivity index (χ1v) is 9.66. The van der Waals surface area contributed by atoms with Gasteiger partial charge < -0.3 is 5.11 Å². The van der Waals surface area contributed by atoms with Crippen LogP contribution in [0.2, 0.25) is 0 Å². The van der Waals surface area contributed by atoms with Crippen LogP contribution in [0.15, 0.2) is 58.6 Å². The summed E-state index contributed by atoms with van der Waals surface area (Å²) in [4.78, 5) is 4.21. The number of rotatable bonds is 5. The van der Waals surface area contributed by atoms with E-state index in [2.05, 4.69) is 4.99 Å². The third kappa shape index (κ3) is 4.91. The van der Waals surface area contributed by atoms with E-state index in [1.54, 1.807) is 34.7 Å². The summed E-state index contributed by atoms with van der Waals surface area (Å²) in [6.07, 6.45) is 1.38. The fourth-order valence-electron chi connectivity index (χ4n) is 3.76. The zero-order valence-corrected chi connectivity index (χ0v) is 17.9. The third-order valence-electron chi connectivity index (χ3n) is 5.78. The first-order chi connectivity index (χ1) is 13.8. The van der Waals surface area contributed by atoms with Gasteiger partial charge in [0.25, 0.3) is 0 Å². The minimum absolute atomic E-state index is 0.367. The molecule has 3 nitrogen and oxygen atoms in total. The van der Waals surface area contributed by atoms with Crippen molar-refractivity contribution in [2.75, 3.05) is 7.05 Å². The van der Waals surface area contributed by atoms with Crippen molar-refractivity contribution in [3.05, 3.63) is 70.3 Å². The summed E-state index contributed by atoms with van der Waals surface area (Å²) in [5, 5.41) is 19.9. The van der Waals surface area contributed by atoms with E-state index in [0.717, 1.165) is 11.1 Å². The Hall–Kier alpha value is -2.65. The van der Waals surface area contributed by atoms with Crippen LogP contribution in [0.1, 0.15) is 43.9 Å². The highest BCUT2D eigenvalue weighted by molar-refractivity contribution is 6.12. The minimum atomic E-state index is -4.82. The number of allylic oxidation sites excluding steroid dienone is 6. The molecule has 0 saturated heterocycles. The molecular weight excluding hydrogens is 389 g/mol. The average molecular weight is 416 g/mol. The van der Waals surface area contributed by atoms with Crippen molar-refractivity contribution in [1.29, 1.82) is 5.26 Å². The van der Waals surface area contributed by atoms with Crippen LogP contribution in [0.25, 0.3) is 0 Å². The number of hydrogen-bond acceptors (Lipinski definition) is 3. The van der Waals surface area contributed by atoms with Gasteiger partial charge in [0.2, 0.25) is 0 Å². The number of halogens is 3. The molecule has 0 radical (unpaired) electrons. The predicted octanol–water partition coefficient (Wildman–Crippen LogP) is 5.63. The van der Waals surface area contributed by atoms with Crippen LogP contribution < -0.4 is 0 Å². The molecule has 0 bridgehead atoms. The first kappa shape index (κ1) is 23.6. The lowest BCUT2D eigenvalue weighted by Crippen LogP contribution is -2.50. The molecule has 1 aromatic carbocycles. The van der Waals surface area contributed by atoms with Crippen LogP contribution in [-0.4, -0.2) is 29.6 Å². The third-order valence-corrected chi connectivity index (χ3v) is 5.78. The number of hydrogen-bond donors (Lipinski definition) is 1. The second-order valence-electron chi connectivity index (χ2n) is 8.39. The Morgan fingerprint density at radius 2 is 1.80 bits per heavy atom. The molecule has 0 saturated carbocycles. The van der Waals surface area contributed by atoms with E-state index < -0.39 is 30.0 Å². The molecule has 1 atom stereocenters. The van der Waals surface area contributed by atoms with Gasteiger partial charge in [-0.25, -0.2) is 0 Å². The zero-order valence-electron chi connectivity index (χ0n) is 17.9. The smallest absolute Gasteiger partial charge is 0.380 e. The lowest BCUT2D eigenvalue weighted by molar-refractivity contribution is -0.268. The van der Waals surface area contributed by atoms with Gasteiger partial charge in [-0.05, 0) is 60.6 Å². The summed E-state index contributed by atoms with van der Waals surface area (Å²) >= 11 is 0. The average Bonchev–Trinajstić information content (AvgIpc) is 2.67. The highest BCUT2D eigenvalue weighted by atomic mass is 19.4. The summed E-state index contributed by atoms with van der Waals surface area (Å²) in [7, 11) is 1.64. The van der Waals surface area contributed by atoms with Crippen LogP contribution >= 0.6 is 0 Å². The highest BCUT2D eigenvalue weighted by Crippen LogP contribution is 2.45. The van der Waals surface area contributed by atoms with Crippen molar-refractivity contribution >= 4 is 5.71 Å². The number of aliphatic imine (C=N–C) groups is 1. The second kappa shape index (κ2) is 8.61. The Balaban J connectivity index is 2.46. The Labute approximate surface area is 176 Å². The Kier molecular flexibility index (Phi) is 6.78. The largest absolute Gasteiger partial charge is 0.417 e. The summed E-state index contributed by atoms with van der Waals surface area (Å²) in [5.41, 5.74) is -0.401. The Bertz CT molecular complexity index is 975. The molecule has 1 aromatic rings. The molecule has 0 spiro atoms. The van der Waals surface area contributed by atoms with Gasteiger partial charge in [-0.15, -0.1) is 0 Å². The van der Waals surface area contributed by atoms with Gasteiger partial charge in [0.15, 0.2) is 5.60 Å². The maximum Gasteiger partial charge on any atom is 0.417 e. The number of aryl methyl sites for hydroxylation is 1. The zero-order chi connectivity index (χ0) is 22.7. The molecule has 1 N–H and O–H groups in total. The normalized spacial score (nSPS) is 19.5. The molecule has 160 valence electrons. The van der Waals surface area contributed by atoms with Crippen LogP contribution in [0, 0.1) is 23.7 Å². The van der Waals surface area contributed by atoms with Crippen molar-refractivity contribution in [3.63, 3.8) is 0 Å². The molecule has 0 aliphatic heterocycles. The summed E-state index contributed by atoms with van der Waals surface area (Å²) in [5.74, 6) is 0. The van der Waals surface area contributed by atoms with Crippen molar-refractivity contribution < 1.29 is 18.3 Å². The molecule has 6 heteroatoms. The van der Waals surface area contributed by atoms with Gasteiger partial charge >= 0.3 is 6.18 Å². The summed E-state index contributed by atoms with van der Waals surface area (Å²) < 4.78 is 42.2. The van der Waals surface area contributed by atoms with Crippen molar-refractivity contribution in [2.24, 2.45) is 10.4 Å². The van der Waals surface area contributed by atoms with Gasteiger partial charge in [0.05, 0.1) is 17.3 Å². The Morgan fingerprint density at radius 1 is 1.17 bits per heavy atom. The molecule has 30 heavy (non-hydrogen) atoms. The van der Waals surface area contributed by atoms with Gasteiger partial charge in [0.1, 0.15) is 0 Å². The maximum atomic E-state index is 14.1. The summed E-state index contributed by atoms with van der Waals surface area (Å²) in [6.45, 7) is 6.84. The molecule has 0 fully saturated rings. The predicted molar refractivity (Wildman–Crippen MR) is 113 cm³/mol. The van der Waals surface area contributed by atoms with Crippen molar-refractivity contribution in [1.82, 2.24) is 0 Å². The highest BCUT2D eigenvalue weighted by Gasteiger charge is 2.56. The lowest BCUT2D eigenvalue weighted by Gasteiger charge is -2.39.